The molecule has 1 aromatic carbocycles. The third-order valence-electron chi connectivity index (χ3n) is 2.52. The molecule has 0 saturated carbocycles. The third kappa shape index (κ3) is 2.76. The van der Waals surface area contributed by atoms with Crippen LogP contribution < -0.4 is 5.32 Å². The Hall–Kier alpha value is -1.27. The average molecular weight is 282 g/mol. The normalized spacial score (nSPS) is 13.5. The topological polar surface area (TPSA) is 62.2 Å². The first-order chi connectivity index (χ1) is 8.38. The number of hydrogen-bond donors (Lipinski definition) is 3. The highest BCUT2D eigenvalue weighted by atomic mass is 32.1. The molecule has 0 unspecified atom stereocenters. The molecule has 1 aromatic heterocycles. The molecule has 18 heavy (non-hydrogen) atoms. The second-order valence-corrected chi connectivity index (χ2v) is 6.74. The number of thiazole rings is 1. The van der Waals surface area contributed by atoms with Crippen LogP contribution in [0.5, 0.6) is 0 Å². The predicted molar refractivity (Wildman–Crippen MR) is 77.7 cm³/mol. The maximum atomic E-state index is 11.2. The zero-order valence-corrected chi connectivity index (χ0v) is 11.8. The number of thiol groups is 1. The quantitative estimate of drug-likeness (QED) is 0.755. The lowest BCUT2D eigenvalue weighted by molar-refractivity contribution is -0.138. The lowest BCUT2D eigenvalue weighted by Crippen LogP contribution is -2.44. The van der Waals surface area contributed by atoms with Gasteiger partial charge in [0, 0.05) is 4.75 Å². The number of anilines is 1. The van der Waals surface area contributed by atoms with Crippen molar-refractivity contribution in [3.05, 3.63) is 24.3 Å². The van der Waals surface area contributed by atoms with Gasteiger partial charge in [-0.2, -0.15) is 12.6 Å². The van der Waals surface area contributed by atoms with Crippen molar-refractivity contribution in [2.45, 2.75) is 24.6 Å². The van der Waals surface area contributed by atoms with Gasteiger partial charge < -0.3 is 10.4 Å². The van der Waals surface area contributed by atoms with E-state index in [1.54, 1.807) is 13.8 Å². The van der Waals surface area contributed by atoms with Gasteiger partial charge in [-0.25, -0.2) is 9.78 Å². The van der Waals surface area contributed by atoms with E-state index >= 15 is 0 Å². The van der Waals surface area contributed by atoms with Gasteiger partial charge in [-0.1, -0.05) is 23.5 Å². The first kappa shape index (κ1) is 13.2. The van der Waals surface area contributed by atoms with Crippen LogP contribution in [0.2, 0.25) is 0 Å². The Morgan fingerprint density at radius 1 is 1.50 bits per heavy atom. The molecule has 0 aliphatic heterocycles. The molecule has 0 amide bonds. The summed E-state index contributed by atoms with van der Waals surface area (Å²) in [4.78, 5) is 15.6. The van der Waals surface area contributed by atoms with Crippen molar-refractivity contribution in [1.82, 2.24) is 4.98 Å². The summed E-state index contributed by atoms with van der Waals surface area (Å²) in [5.41, 5.74) is 0.867. The molecule has 1 heterocycles. The highest BCUT2D eigenvalue weighted by Gasteiger charge is 2.32. The van der Waals surface area contributed by atoms with Crippen LogP contribution in [0.15, 0.2) is 24.3 Å². The standard InChI is InChI=1S/C12H14N2O2S2/c1-12(2,17)9(10(15)16)14-11-13-7-5-3-4-6-8(7)18-11/h3-6,9,17H,1-2H3,(H,13,14)(H,15,16)/t9-/m0/s1. The van der Waals surface area contributed by atoms with Gasteiger partial charge in [0.05, 0.1) is 10.2 Å². The van der Waals surface area contributed by atoms with Gasteiger partial charge in [0.15, 0.2) is 5.13 Å². The molecular weight excluding hydrogens is 268 g/mol. The number of carboxylic acids is 1. The van der Waals surface area contributed by atoms with Crippen molar-refractivity contribution < 1.29 is 9.90 Å². The van der Waals surface area contributed by atoms with Crippen LogP contribution in [-0.4, -0.2) is 26.8 Å². The fourth-order valence-electron chi connectivity index (χ4n) is 1.60. The Morgan fingerprint density at radius 3 is 2.72 bits per heavy atom. The molecule has 2 aromatic rings. The van der Waals surface area contributed by atoms with Gasteiger partial charge >= 0.3 is 5.97 Å². The second kappa shape index (κ2) is 4.78. The Kier molecular flexibility index (Phi) is 3.49. The number of para-hydroxylation sites is 1. The van der Waals surface area contributed by atoms with Crippen molar-refractivity contribution >= 4 is 45.3 Å². The minimum atomic E-state index is -0.936. The SMILES string of the molecule is CC(C)(S)[C@@H](Nc1nc2ccccc2s1)C(=O)O. The molecule has 0 spiro atoms. The smallest absolute Gasteiger partial charge is 0.327 e. The summed E-state index contributed by atoms with van der Waals surface area (Å²) in [5, 5.41) is 12.8. The molecule has 4 nitrogen and oxygen atoms in total. The highest BCUT2D eigenvalue weighted by molar-refractivity contribution is 7.81. The molecule has 96 valence electrons. The summed E-state index contributed by atoms with van der Waals surface area (Å²) in [6.07, 6.45) is 0. The Morgan fingerprint density at radius 2 is 2.17 bits per heavy atom. The van der Waals surface area contributed by atoms with Crippen LogP contribution in [0.3, 0.4) is 0 Å². The molecule has 0 saturated heterocycles. The Labute approximate surface area is 114 Å². The third-order valence-corrected chi connectivity index (χ3v) is 3.74. The molecular formula is C12H14N2O2S2. The minimum absolute atomic E-state index is 0.603. The monoisotopic (exact) mass is 282 g/mol. The van der Waals surface area contributed by atoms with E-state index in [1.165, 1.54) is 11.3 Å². The summed E-state index contributed by atoms with van der Waals surface area (Å²) < 4.78 is 0.352. The maximum Gasteiger partial charge on any atom is 0.327 e. The molecule has 1 atom stereocenters. The molecule has 0 radical (unpaired) electrons. The molecule has 0 aliphatic carbocycles. The zero-order valence-electron chi connectivity index (χ0n) is 10.0. The maximum absolute atomic E-state index is 11.2. The largest absolute Gasteiger partial charge is 0.480 e. The van der Waals surface area contributed by atoms with Crippen molar-refractivity contribution in [1.29, 1.82) is 0 Å². The highest BCUT2D eigenvalue weighted by Crippen LogP contribution is 2.28. The van der Waals surface area contributed by atoms with Gasteiger partial charge in [-0.15, -0.1) is 0 Å². The molecule has 2 rings (SSSR count). The summed E-state index contributed by atoms with van der Waals surface area (Å²) >= 11 is 5.76. The minimum Gasteiger partial charge on any atom is -0.480 e. The molecule has 0 aliphatic rings. The lowest BCUT2D eigenvalue weighted by Gasteiger charge is -2.26. The van der Waals surface area contributed by atoms with Crippen molar-refractivity contribution in [2.24, 2.45) is 0 Å². The number of nitrogens with one attached hydrogen (secondary N) is 1. The molecule has 2 N–H and O–H groups in total. The van der Waals surface area contributed by atoms with Gasteiger partial charge in [-0.3, -0.25) is 0 Å². The van der Waals surface area contributed by atoms with Gasteiger partial charge in [0.25, 0.3) is 0 Å². The van der Waals surface area contributed by atoms with Crippen molar-refractivity contribution in [2.75, 3.05) is 5.32 Å². The number of carbonyl (C=O) groups is 1. The van der Waals surface area contributed by atoms with E-state index in [0.29, 0.717) is 5.13 Å². The van der Waals surface area contributed by atoms with E-state index in [4.69, 9.17) is 0 Å². The van der Waals surface area contributed by atoms with Crippen LogP contribution in [0.4, 0.5) is 5.13 Å². The predicted octanol–water partition coefficient (Wildman–Crippen LogP) is 2.87. The summed E-state index contributed by atoms with van der Waals surface area (Å²) in [5.74, 6) is -0.936. The zero-order chi connectivity index (χ0) is 13.3. The van der Waals surface area contributed by atoms with E-state index < -0.39 is 16.8 Å². The van der Waals surface area contributed by atoms with Crippen LogP contribution in [0.25, 0.3) is 10.2 Å². The van der Waals surface area contributed by atoms with Crippen molar-refractivity contribution in [3.8, 4) is 0 Å². The van der Waals surface area contributed by atoms with Crippen LogP contribution in [-0.2, 0) is 4.79 Å². The fraction of sp³-hybridized carbons (Fsp3) is 0.333. The number of rotatable bonds is 4. The second-order valence-electron chi connectivity index (χ2n) is 4.56. The number of carboxylic acid groups (broad SMARTS) is 1. The van der Waals surface area contributed by atoms with Gasteiger partial charge in [0.2, 0.25) is 0 Å². The molecule has 6 heteroatoms. The van der Waals surface area contributed by atoms with Crippen LogP contribution in [0, 0.1) is 0 Å². The first-order valence-electron chi connectivity index (χ1n) is 5.45. The number of benzene rings is 1. The Bertz CT molecular complexity index is 542. The van der Waals surface area contributed by atoms with Gasteiger partial charge in [-0.05, 0) is 26.0 Å². The number of nitrogens with zero attached hydrogens (tertiary/aromatic N) is 1. The van der Waals surface area contributed by atoms with Crippen LogP contribution >= 0.6 is 24.0 Å². The number of aromatic nitrogens is 1. The van der Waals surface area contributed by atoms with E-state index in [0.717, 1.165) is 10.2 Å². The summed E-state index contributed by atoms with van der Waals surface area (Å²) in [6.45, 7) is 3.52. The molecule has 0 fully saturated rings. The number of aliphatic carboxylic acids is 1. The van der Waals surface area contributed by atoms with Gasteiger partial charge in [0.1, 0.15) is 6.04 Å². The first-order valence-corrected chi connectivity index (χ1v) is 6.71. The number of hydrogen-bond acceptors (Lipinski definition) is 5. The summed E-state index contributed by atoms with van der Waals surface area (Å²) in [7, 11) is 0. The Balaban J connectivity index is 2.29. The average Bonchev–Trinajstić information content (AvgIpc) is 2.66. The van der Waals surface area contributed by atoms with E-state index in [1.807, 2.05) is 24.3 Å². The van der Waals surface area contributed by atoms with Crippen molar-refractivity contribution in [3.63, 3.8) is 0 Å². The van der Waals surface area contributed by atoms with E-state index in [9.17, 15) is 9.90 Å². The fourth-order valence-corrected chi connectivity index (χ4v) is 2.67. The van der Waals surface area contributed by atoms with E-state index in [2.05, 4.69) is 22.9 Å². The summed E-state index contributed by atoms with van der Waals surface area (Å²) in [6, 6.07) is 6.91. The lowest BCUT2D eigenvalue weighted by atomic mass is 10.0. The van der Waals surface area contributed by atoms with E-state index in [-0.39, 0.29) is 0 Å². The molecule has 0 bridgehead atoms. The van der Waals surface area contributed by atoms with Crippen LogP contribution in [0.1, 0.15) is 13.8 Å². The number of fused-ring (bicyclic) bond motifs is 1.